The molecule has 14 heavy (non-hydrogen) atoms. The minimum absolute atomic E-state index is 0.784. The van der Waals surface area contributed by atoms with Gasteiger partial charge < -0.3 is 0 Å². The Labute approximate surface area is 82.1 Å². The van der Waals surface area contributed by atoms with Crippen LogP contribution in [0.4, 0.5) is 5.69 Å². The molecule has 1 radical (unpaired) electrons. The van der Waals surface area contributed by atoms with Gasteiger partial charge in [-0.1, -0.05) is 6.07 Å². The molecule has 0 saturated carbocycles. The lowest BCUT2D eigenvalue weighted by Gasteiger charge is -2.25. The van der Waals surface area contributed by atoms with Crippen molar-refractivity contribution in [3.05, 3.63) is 42.0 Å². The topological polar surface area (TPSA) is 28.0 Å². The Hall–Kier alpha value is -1.90. The molecule has 2 heterocycles. The monoisotopic (exact) mass is 182 g/mol. The van der Waals surface area contributed by atoms with Gasteiger partial charge in [-0.15, -0.1) is 0 Å². The van der Waals surface area contributed by atoms with Gasteiger partial charge in [-0.3, -0.25) is 0 Å². The van der Waals surface area contributed by atoms with Crippen LogP contribution in [0.1, 0.15) is 5.56 Å². The minimum Gasteiger partial charge on any atom is -0.243 e. The fraction of sp³-hybridized carbons (Fsp3) is 0.0909. The fourth-order valence-corrected chi connectivity index (χ4v) is 1.59. The van der Waals surface area contributed by atoms with E-state index in [4.69, 9.17) is 0 Å². The van der Waals surface area contributed by atoms with E-state index < -0.39 is 0 Å². The summed E-state index contributed by atoms with van der Waals surface area (Å²) < 4.78 is 0. The van der Waals surface area contributed by atoms with E-state index in [9.17, 15) is 0 Å². The number of aliphatic imine (C=N–C) groups is 1. The molecule has 1 aromatic rings. The summed E-state index contributed by atoms with van der Waals surface area (Å²) in [6.07, 6.45) is 5.64. The van der Waals surface area contributed by atoms with E-state index in [0.717, 1.165) is 18.1 Å². The molecule has 3 nitrogen and oxygen atoms in total. The lowest BCUT2D eigenvalue weighted by molar-refractivity contribution is 0.436. The highest BCUT2D eigenvalue weighted by atomic mass is 15.5. The van der Waals surface area contributed by atoms with Gasteiger partial charge in [-0.05, 0) is 30.4 Å². The van der Waals surface area contributed by atoms with Gasteiger partial charge >= 0.3 is 0 Å². The first-order valence-electron chi connectivity index (χ1n) is 4.49. The second-order valence-corrected chi connectivity index (χ2v) is 3.21. The predicted molar refractivity (Wildman–Crippen MR) is 55.5 cm³/mol. The molecule has 1 aromatic carbocycles. The van der Waals surface area contributed by atoms with Crippen LogP contribution in [0.5, 0.6) is 0 Å². The molecule has 0 N–H and O–H groups in total. The average Bonchev–Trinajstić information content (AvgIpc) is 2.26. The van der Waals surface area contributed by atoms with E-state index in [2.05, 4.69) is 16.2 Å². The summed E-state index contributed by atoms with van der Waals surface area (Å²) in [5.74, 6) is 0.909. The third-order valence-electron chi connectivity index (χ3n) is 2.28. The smallest absolute Gasteiger partial charge is 0.149 e. The Morgan fingerprint density at radius 3 is 3.43 bits per heavy atom. The largest absolute Gasteiger partial charge is 0.243 e. The number of hydrogen-bond donors (Lipinski definition) is 0. The second kappa shape index (κ2) is 2.80. The summed E-state index contributed by atoms with van der Waals surface area (Å²) in [5.41, 5.74) is 2.19. The van der Waals surface area contributed by atoms with Crippen molar-refractivity contribution in [2.75, 3.05) is 0 Å². The van der Waals surface area contributed by atoms with Gasteiger partial charge in [0.25, 0.3) is 0 Å². The first-order chi connectivity index (χ1) is 6.93. The summed E-state index contributed by atoms with van der Waals surface area (Å²) in [5, 5.41) is 6.11. The van der Waals surface area contributed by atoms with E-state index in [0.29, 0.717) is 0 Å². The molecular weight excluding hydrogens is 174 g/mol. The number of nitrogens with zero attached hydrogens (tertiary/aromatic N) is 3. The molecule has 2 aliphatic heterocycles. The maximum atomic E-state index is 4.49. The maximum Gasteiger partial charge on any atom is 0.149 e. The van der Waals surface area contributed by atoms with Gasteiger partial charge in [-0.25, -0.2) is 10.0 Å². The molecule has 67 valence electrons. The average molecular weight is 182 g/mol. The predicted octanol–water partition coefficient (Wildman–Crippen LogP) is 1.89. The quantitative estimate of drug-likeness (QED) is 0.602. The molecule has 0 aliphatic carbocycles. The molecule has 0 atom stereocenters. The van der Waals surface area contributed by atoms with E-state index in [1.54, 1.807) is 6.21 Å². The zero-order valence-electron chi connectivity index (χ0n) is 7.51. The Morgan fingerprint density at radius 2 is 2.43 bits per heavy atom. The Morgan fingerprint density at radius 1 is 1.43 bits per heavy atom. The van der Waals surface area contributed by atoms with E-state index in [1.165, 1.54) is 5.56 Å². The van der Waals surface area contributed by atoms with Gasteiger partial charge in [0.05, 0.1) is 12.2 Å². The summed E-state index contributed by atoms with van der Waals surface area (Å²) in [6.45, 7) is 0.784. The summed E-state index contributed by atoms with van der Waals surface area (Å²) in [4.78, 5) is 4.49. The maximum absolute atomic E-state index is 4.49. The van der Waals surface area contributed by atoms with Gasteiger partial charge in [0.2, 0.25) is 0 Å². The van der Waals surface area contributed by atoms with Crippen molar-refractivity contribution in [2.24, 2.45) is 10.1 Å². The lowest BCUT2D eigenvalue weighted by atomic mass is 10.1. The molecule has 0 bridgehead atoms. The summed E-state index contributed by atoms with van der Waals surface area (Å²) in [7, 11) is 0. The summed E-state index contributed by atoms with van der Waals surface area (Å²) in [6, 6.07) is 8.87. The van der Waals surface area contributed by atoms with Crippen LogP contribution in [-0.4, -0.2) is 17.1 Å². The summed E-state index contributed by atoms with van der Waals surface area (Å²) >= 11 is 0. The zero-order chi connectivity index (χ0) is 9.38. The molecule has 0 spiro atoms. The molecule has 0 aromatic heterocycles. The molecule has 0 unspecified atom stereocenters. The SMILES string of the molecule is [c]1ccc2c(c1)CN1N=CC=CC1=N2. The second-order valence-electron chi connectivity index (χ2n) is 3.21. The van der Waals surface area contributed by atoms with Crippen LogP contribution in [-0.2, 0) is 6.54 Å². The normalized spacial score (nSPS) is 17.4. The van der Waals surface area contributed by atoms with Gasteiger partial charge in [-0.2, -0.15) is 5.10 Å². The number of hydrazone groups is 1. The van der Waals surface area contributed by atoms with Crippen molar-refractivity contribution in [1.82, 2.24) is 5.01 Å². The number of amidine groups is 1. The van der Waals surface area contributed by atoms with Crippen molar-refractivity contribution in [1.29, 1.82) is 0 Å². The van der Waals surface area contributed by atoms with Crippen molar-refractivity contribution in [2.45, 2.75) is 6.54 Å². The lowest BCUT2D eigenvalue weighted by Crippen LogP contribution is -2.28. The van der Waals surface area contributed by atoms with Gasteiger partial charge in [0.1, 0.15) is 5.84 Å². The van der Waals surface area contributed by atoms with Crippen LogP contribution in [0.25, 0.3) is 0 Å². The number of benzene rings is 1. The van der Waals surface area contributed by atoms with Gasteiger partial charge in [0.15, 0.2) is 0 Å². The van der Waals surface area contributed by atoms with Crippen molar-refractivity contribution >= 4 is 17.7 Å². The Balaban J connectivity index is 2.13. The number of hydrogen-bond acceptors (Lipinski definition) is 3. The third-order valence-corrected chi connectivity index (χ3v) is 2.28. The van der Waals surface area contributed by atoms with Crippen LogP contribution in [0.15, 0.2) is 40.4 Å². The first kappa shape index (κ1) is 7.50. The highest BCUT2D eigenvalue weighted by Crippen LogP contribution is 2.26. The molecule has 0 fully saturated rings. The minimum atomic E-state index is 0.784. The van der Waals surface area contributed by atoms with Gasteiger partial charge in [0, 0.05) is 11.8 Å². The zero-order valence-corrected chi connectivity index (χ0v) is 7.51. The molecule has 3 rings (SSSR count). The van der Waals surface area contributed by atoms with Crippen molar-refractivity contribution < 1.29 is 0 Å². The standard InChI is InChI=1S/C11H8N3/c1-2-5-10-9(4-1)8-14-11(13-10)6-3-7-12-14/h2-7H,8H2. The molecule has 3 heteroatoms. The van der Waals surface area contributed by atoms with Crippen LogP contribution < -0.4 is 0 Å². The highest BCUT2D eigenvalue weighted by Gasteiger charge is 2.17. The van der Waals surface area contributed by atoms with E-state index in [-0.39, 0.29) is 0 Å². The van der Waals surface area contributed by atoms with Crippen LogP contribution in [0, 0.1) is 6.07 Å². The van der Waals surface area contributed by atoms with E-state index in [1.807, 2.05) is 35.4 Å². The molecule has 0 saturated heterocycles. The number of fused-ring (bicyclic) bond motifs is 2. The molecule has 0 amide bonds. The third kappa shape index (κ3) is 1.06. The number of rotatable bonds is 0. The van der Waals surface area contributed by atoms with Crippen LogP contribution >= 0.6 is 0 Å². The Bertz CT molecular complexity index is 457. The van der Waals surface area contributed by atoms with Crippen molar-refractivity contribution in [3.8, 4) is 0 Å². The molecule has 2 aliphatic rings. The van der Waals surface area contributed by atoms with Crippen molar-refractivity contribution in [3.63, 3.8) is 0 Å². The van der Waals surface area contributed by atoms with Crippen LogP contribution in [0.3, 0.4) is 0 Å². The van der Waals surface area contributed by atoms with Crippen LogP contribution in [0.2, 0.25) is 0 Å². The Kier molecular flexibility index (Phi) is 1.50. The fourth-order valence-electron chi connectivity index (χ4n) is 1.59. The first-order valence-corrected chi connectivity index (χ1v) is 4.49. The van der Waals surface area contributed by atoms with E-state index >= 15 is 0 Å². The highest BCUT2D eigenvalue weighted by molar-refractivity contribution is 6.01. The molecular formula is C11H8N3. The number of allylic oxidation sites excluding steroid dienone is 1.